The molecule has 0 fully saturated rings. The fraction of sp³-hybridized carbons (Fsp3) is 0.250. The summed E-state index contributed by atoms with van der Waals surface area (Å²) >= 11 is 0. The Labute approximate surface area is 152 Å². The number of ether oxygens (including phenoxy) is 3. The molecule has 2 aromatic carbocycles. The maximum atomic E-state index is 12.4. The molecule has 0 saturated carbocycles. The van der Waals surface area contributed by atoms with Gasteiger partial charge < -0.3 is 24.5 Å². The molecular weight excluding hydrogens is 332 g/mol. The fourth-order valence-corrected chi connectivity index (χ4v) is 2.89. The van der Waals surface area contributed by atoms with E-state index in [0.717, 1.165) is 28.6 Å². The Hall–Kier alpha value is -3.15. The molecular formula is C20H22N2O4. The molecule has 6 nitrogen and oxygen atoms in total. The third kappa shape index (κ3) is 3.59. The molecule has 3 rings (SSSR count). The van der Waals surface area contributed by atoms with Gasteiger partial charge in [-0.25, -0.2) is 0 Å². The summed E-state index contributed by atoms with van der Waals surface area (Å²) < 4.78 is 15.7. The number of rotatable bonds is 7. The summed E-state index contributed by atoms with van der Waals surface area (Å²) in [6.07, 6.45) is 2.69. The number of carbonyl (C=O) groups is 1. The lowest BCUT2D eigenvalue weighted by Gasteiger charge is -2.10. The van der Waals surface area contributed by atoms with E-state index in [9.17, 15) is 4.79 Å². The van der Waals surface area contributed by atoms with Crippen molar-refractivity contribution in [2.45, 2.75) is 6.42 Å². The highest BCUT2D eigenvalue weighted by Gasteiger charge is 2.11. The smallest absolute Gasteiger partial charge is 0.251 e. The van der Waals surface area contributed by atoms with Crippen molar-refractivity contribution in [3.8, 4) is 17.2 Å². The lowest BCUT2D eigenvalue weighted by atomic mass is 10.1. The molecule has 0 saturated heterocycles. The van der Waals surface area contributed by atoms with E-state index in [1.54, 1.807) is 39.5 Å². The third-order valence-corrected chi connectivity index (χ3v) is 4.30. The monoisotopic (exact) mass is 354 g/mol. The second kappa shape index (κ2) is 7.82. The second-order valence-corrected chi connectivity index (χ2v) is 5.80. The molecule has 3 aromatic rings. The average molecular weight is 354 g/mol. The van der Waals surface area contributed by atoms with E-state index in [2.05, 4.69) is 10.3 Å². The van der Waals surface area contributed by atoms with E-state index in [0.29, 0.717) is 23.6 Å². The number of hydrogen-bond acceptors (Lipinski definition) is 4. The van der Waals surface area contributed by atoms with Gasteiger partial charge in [-0.3, -0.25) is 4.79 Å². The van der Waals surface area contributed by atoms with Gasteiger partial charge in [-0.2, -0.15) is 0 Å². The van der Waals surface area contributed by atoms with Gasteiger partial charge in [0.05, 0.1) is 21.3 Å². The second-order valence-electron chi connectivity index (χ2n) is 5.80. The fourth-order valence-electron chi connectivity index (χ4n) is 2.89. The number of carbonyl (C=O) groups excluding carboxylic acids is 1. The number of benzene rings is 2. The molecule has 2 N–H and O–H groups in total. The summed E-state index contributed by atoms with van der Waals surface area (Å²) in [7, 11) is 4.76. The van der Waals surface area contributed by atoms with Gasteiger partial charge in [-0.15, -0.1) is 0 Å². The minimum absolute atomic E-state index is 0.146. The van der Waals surface area contributed by atoms with Gasteiger partial charge in [-0.1, -0.05) is 0 Å². The van der Waals surface area contributed by atoms with E-state index in [4.69, 9.17) is 14.2 Å². The molecule has 0 radical (unpaired) electrons. The Morgan fingerprint density at radius 3 is 2.54 bits per heavy atom. The molecule has 0 aliphatic heterocycles. The number of fused-ring (bicyclic) bond motifs is 1. The summed E-state index contributed by atoms with van der Waals surface area (Å²) in [5, 5.41) is 4.07. The van der Waals surface area contributed by atoms with Crippen molar-refractivity contribution < 1.29 is 19.0 Å². The minimum atomic E-state index is -0.146. The average Bonchev–Trinajstić information content (AvgIpc) is 3.09. The molecule has 1 amide bonds. The Morgan fingerprint density at radius 1 is 1.00 bits per heavy atom. The minimum Gasteiger partial charge on any atom is -0.497 e. The van der Waals surface area contributed by atoms with E-state index in [1.807, 2.05) is 24.4 Å². The van der Waals surface area contributed by atoms with Crippen molar-refractivity contribution >= 4 is 16.8 Å². The molecule has 0 aliphatic carbocycles. The third-order valence-electron chi connectivity index (χ3n) is 4.30. The van der Waals surface area contributed by atoms with Crippen molar-refractivity contribution in [3.05, 3.63) is 53.7 Å². The number of H-pyrrole nitrogens is 1. The van der Waals surface area contributed by atoms with Crippen LogP contribution in [-0.4, -0.2) is 38.8 Å². The number of methoxy groups -OCH3 is 3. The van der Waals surface area contributed by atoms with Crippen LogP contribution in [0.5, 0.6) is 17.2 Å². The molecule has 0 unspecified atom stereocenters. The Bertz CT molecular complexity index is 917. The molecule has 1 aromatic heterocycles. The van der Waals surface area contributed by atoms with Crippen LogP contribution in [0.3, 0.4) is 0 Å². The summed E-state index contributed by atoms with van der Waals surface area (Å²) in [4.78, 5) is 15.6. The standard InChI is InChI=1S/C20H22N2O4/c1-24-15-5-6-16-14(12-22-17(16)11-15)8-9-21-20(23)13-4-7-18(25-2)19(10-13)26-3/h4-7,10-12,22H,8-9H2,1-3H3,(H,21,23). The molecule has 26 heavy (non-hydrogen) atoms. The van der Waals surface area contributed by atoms with E-state index < -0.39 is 0 Å². The molecule has 0 atom stereocenters. The normalized spacial score (nSPS) is 10.6. The van der Waals surface area contributed by atoms with Gasteiger partial charge in [0.2, 0.25) is 0 Å². The first-order valence-electron chi connectivity index (χ1n) is 8.30. The zero-order valence-electron chi connectivity index (χ0n) is 15.1. The topological polar surface area (TPSA) is 72.6 Å². The summed E-state index contributed by atoms with van der Waals surface area (Å²) in [5.74, 6) is 1.80. The molecule has 0 bridgehead atoms. The van der Waals surface area contributed by atoms with Crippen molar-refractivity contribution in [3.63, 3.8) is 0 Å². The van der Waals surface area contributed by atoms with Crippen molar-refractivity contribution in [1.82, 2.24) is 10.3 Å². The number of amides is 1. The SMILES string of the molecule is COc1ccc2c(CCNC(=O)c3ccc(OC)c(OC)c3)c[nH]c2c1. The van der Waals surface area contributed by atoms with Crippen molar-refractivity contribution in [2.75, 3.05) is 27.9 Å². The highest BCUT2D eigenvalue weighted by molar-refractivity contribution is 5.95. The van der Waals surface area contributed by atoms with Crippen LogP contribution in [-0.2, 0) is 6.42 Å². The quantitative estimate of drug-likeness (QED) is 0.684. The van der Waals surface area contributed by atoms with E-state index in [1.165, 1.54) is 0 Å². The predicted octanol–water partition coefficient (Wildman–Crippen LogP) is 3.17. The Balaban J connectivity index is 1.64. The number of hydrogen-bond donors (Lipinski definition) is 2. The molecule has 1 heterocycles. The van der Waals surface area contributed by atoms with Crippen LogP contribution in [0.1, 0.15) is 15.9 Å². The zero-order chi connectivity index (χ0) is 18.5. The lowest BCUT2D eigenvalue weighted by Crippen LogP contribution is -2.25. The van der Waals surface area contributed by atoms with Crippen LogP contribution in [0.4, 0.5) is 0 Å². The first kappa shape index (κ1) is 17.7. The van der Waals surface area contributed by atoms with Crippen LogP contribution in [0.2, 0.25) is 0 Å². The first-order chi connectivity index (χ1) is 12.7. The Kier molecular flexibility index (Phi) is 5.31. The first-order valence-corrected chi connectivity index (χ1v) is 8.30. The Morgan fingerprint density at radius 2 is 1.81 bits per heavy atom. The van der Waals surface area contributed by atoms with Gasteiger partial charge in [0.25, 0.3) is 5.91 Å². The number of nitrogens with one attached hydrogen (secondary N) is 2. The summed E-state index contributed by atoms with van der Waals surface area (Å²) in [6, 6.07) is 11.0. The molecule has 0 aliphatic rings. The highest BCUT2D eigenvalue weighted by Crippen LogP contribution is 2.27. The molecule has 6 heteroatoms. The zero-order valence-corrected chi connectivity index (χ0v) is 15.1. The molecule has 0 spiro atoms. The van der Waals surface area contributed by atoms with Gasteiger partial charge >= 0.3 is 0 Å². The largest absolute Gasteiger partial charge is 0.497 e. The van der Waals surface area contributed by atoms with Crippen LogP contribution >= 0.6 is 0 Å². The van der Waals surface area contributed by atoms with Crippen molar-refractivity contribution in [1.29, 1.82) is 0 Å². The predicted molar refractivity (Wildman–Crippen MR) is 100 cm³/mol. The van der Waals surface area contributed by atoms with Crippen LogP contribution < -0.4 is 19.5 Å². The van der Waals surface area contributed by atoms with Gasteiger partial charge in [0.1, 0.15) is 5.75 Å². The molecule has 136 valence electrons. The number of aromatic nitrogens is 1. The van der Waals surface area contributed by atoms with Crippen molar-refractivity contribution in [2.24, 2.45) is 0 Å². The van der Waals surface area contributed by atoms with Gasteiger partial charge in [0, 0.05) is 35.3 Å². The van der Waals surface area contributed by atoms with Gasteiger partial charge in [-0.05, 0) is 42.3 Å². The maximum Gasteiger partial charge on any atom is 0.251 e. The van der Waals surface area contributed by atoms with Gasteiger partial charge in [0.15, 0.2) is 11.5 Å². The summed E-state index contributed by atoms with van der Waals surface area (Å²) in [6.45, 7) is 0.534. The maximum absolute atomic E-state index is 12.4. The van der Waals surface area contributed by atoms with E-state index >= 15 is 0 Å². The van der Waals surface area contributed by atoms with Crippen LogP contribution in [0, 0.1) is 0 Å². The highest BCUT2D eigenvalue weighted by atomic mass is 16.5. The number of aromatic amines is 1. The van der Waals surface area contributed by atoms with E-state index in [-0.39, 0.29) is 5.91 Å². The lowest BCUT2D eigenvalue weighted by molar-refractivity contribution is 0.0953. The van der Waals surface area contributed by atoms with Crippen LogP contribution in [0.15, 0.2) is 42.6 Å². The van der Waals surface area contributed by atoms with Crippen LogP contribution in [0.25, 0.3) is 10.9 Å². The summed E-state index contributed by atoms with van der Waals surface area (Å²) in [5.41, 5.74) is 2.70.